The van der Waals surface area contributed by atoms with Crippen molar-refractivity contribution in [2.75, 3.05) is 19.6 Å². The molecule has 0 spiro atoms. The summed E-state index contributed by atoms with van der Waals surface area (Å²) in [6, 6.07) is 9.17. The van der Waals surface area contributed by atoms with Gasteiger partial charge < -0.3 is 20.5 Å². The predicted octanol–water partition coefficient (Wildman–Crippen LogP) is 2.02. The first-order valence-electron chi connectivity index (χ1n) is 10.9. The van der Waals surface area contributed by atoms with Gasteiger partial charge in [0, 0.05) is 26.2 Å². The Morgan fingerprint density at radius 3 is 2.54 bits per heavy atom. The summed E-state index contributed by atoms with van der Waals surface area (Å²) in [6.45, 7) is 6.56. The normalized spacial score (nSPS) is 28.6. The van der Waals surface area contributed by atoms with Gasteiger partial charge in [0.15, 0.2) is 5.96 Å². The van der Waals surface area contributed by atoms with E-state index in [1.807, 2.05) is 0 Å². The highest BCUT2D eigenvalue weighted by molar-refractivity contribution is 5.80. The van der Waals surface area contributed by atoms with Gasteiger partial charge in [0.1, 0.15) is 0 Å². The maximum Gasteiger partial charge on any atom is 0.191 e. The van der Waals surface area contributed by atoms with Gasteiger partial charge in [0.25, 0.3) is 0 Å². The third-order valence-electron chi connectivity index (χ3n) is 6.18. The van der Waals surface area contributed by atoms with Crippen molar-refractivity contribution in [3.63, 3.8) is 0 Å². The molecule has 3 atom stereocenters. The molecule has 0 saturated carbocycles. The van der Waals surface area contributed by atoms with E-state index in [1.54, 1.807) is 0 Å². The molecule has 0 aromatic heterocycles. The number of piperidine rings is 1. The lowest BCUT2D eigenvalue weighted by Crippen LogP contribution is -2.47. The van der Waals surface area contributed by atoms with E-state index in [9.17, 15) is 5.11 Å². The minimum Gasteiger partial charge on any atom is -0.393 e. The second kappa shape index (κ2) is 9.25. The number of likely N-dealkylation sites (tertiary alicyclic amines) is 1. The van der Waals surface area contributed by atoms with Crippen LogP contribution in [0.4, 0.5) is 0 Å². The number of hydrogen-bond donors (Lipinski definition) is 3. The first-order chi connectivity index (χ1) is 13.7. The molecule has 3 heterocycles. The van der Waals surface area contributed by atoms with Crippen molar-refractivity contribution in [2.45, 2.75) is 76.5 Å². The van der Waals surface area contributed by atoms with E-state index < -0.39 is 0 Å². The van der Waals surface area contributed by atoms with Gasteiger partial charge >= 0.3 is 0 Å². The number of benzene rings is 1. The molecule has 1 aromatic rings. The van der Waals surface area contributed by atoms with Gasteiger partial charge in [0.05, 0.1) is 30.9 Å². The molecule has 2 bridgehead atoms. The lowest BCUT2D eigenvalue weighted by Gasteiger charge is -2.29. The highest BCUT2D eigenvalue weighted by Crippen LogP contribution is 2.34. The minimum atomic E-state index is -0.109. The molecule has 3 saturated heterocycles. The number of nitrogens with zero attached hydrogens (tertiary/aromatic N) is 2. The van der Waals surface area contributed by atoms with Gasteiger partial charge in [-0.1, -0.05) is 24.3 Å². The molecular formula is C22H34N4O2. The second-order valence-electron chi connectivity index (χ2n) is 8.38. The largest absolute Gasteiger partial charge is 0.393 e. The molecule has 3 aliphatic heterocycles. The zero-order valence-corrected chi connectivity index (χ0v) is 16.9. The Morgan fingerprint density at radius 2 is 1.89 bits per heavy atom. The fourth-order valence-corrected chi connectivity index (χ4v) is 4.54. The van der Waals surface area contributed by atoms with Gasteiger partial charge in [-0.3, -0.25) is 4.90 Å². The fourth-order valence-electron chi connectivity index (χ4n) is 4.54. The average molecular weight is 387 g/mol. The Balaban J connectivity index is 1.29. The molecule has 3 fully saturated rings. The molecule has 3 unspecified atom stereocenters. The minimum absolute atomic E-state index is 0.109. The fraction of sp³-hybridized carbons (Fsp3) is 0.682. The number of guanidine groups is 1. The molecule has 0 radical (unpaired) electrons. The van der Waals surface area contributed by atoms with E-state index in [2.05, 4.69) is 46.7 Å². The topological polar surface area (TPSA) is 69.1 Å². The van der Waals surface area contributed by atoms with Crippen LogP contribution in [-0.2, 0) is 17.8 Å². The first-order valence-corrected chi connectivity index (χ1v) is 10.9. The van der Waals surface area contributed by atoms with Crippen molar-refractivity contribution in [2.24, 2.45) is 4.99 Å². The van der Waals surface area contributed by atoms with Crippen LogP contribution in [0.1, 0.15) is 50.2 Å². The molecule has 0 amide bonds. The number of aliphatic hydroxyl groups excluding tert-OH is 1. The van der Waals surface area contributed by atoms with E-state index in [1.165, 1.54) is 24.0 Å². The van der Waals surface area contributed by atoms with Crippen LogP contribution in [0.15, 0.2) is 29.3 Å². The number of ether oxygens (including phenoxy) is 1. The van der Waals surface area contributed by atoms with Crippen molar-refractivity contribution in [3.8, 4) is 0 Å². The van der Waals surface area contributed by atoms with E-state index in [4.69, 9.17) is 9.73 Å². The molecule has 28 heavy (non-hydrogen) atoms. The molecule has 3 N–H and O–H groups in total. The quantitative estimate of drug-likeness (QED) is 0.516. The number of fused-ring (bicyclic) bond motifs is 2. The zero-order valence-electron chi connectivity index (χ0n) is 16.9. The van der Waals surface area contributed by atoms with E-state index in [-0.39, 0.29) is 6.10 Å². The van der Waals surface area contributed by atoms with Gasteiger partial charge in [-0.05, 0) is 50.2 Å². The number of rotatable bonds is 6. The number of aliphatic hydroxyl groups is 1. The van der Waals surface area contributed by atoms with Crippen molar-refractivity contribution in [3.05, 3.63) is 35.4 Å². The van der Waals surface area contributed by atoms with E-state index >= 15 is 0 Å². The monoisotopic (exact) mass is 386 g/mol. The van der Waals surface area contributed by atoms with Crippen molar-refractivity contribution >= 4 is 5.96 Å². The number of aliphatic imine (C=N–C) groups is 1. The van der Waals surface area contributed by atoms with Crippen molar-refractivity contribution in [1.82, 2.24) is 15.5 Å². The van der Waals surface area contributed by atoms with Crippen LogP contribution in [0.25, 0.3) is 0 Å². The van der Waals surface area contributed by atoms with E-state index in [0.717, 1.165) is 51.4 Å². The van der Waals surface area contributed by atoms with Crippen LogP contribution in [0, 0.1) is 0 Å². The summed E-state index contributed by atoms with van der Waals surface area (Å²) in [4.78, 5) is 7.21. The first kappa shape index (κ1) is 19.7. The molecular weight excluding hydrogens is 352 g/mol. The number of nitrogens with one attached hydrogen (secondary N) is 2. The number of hydrogen-bond acceptors (Lipinski definition) is 4. The second-order valence-corrected chi connectivity index (χ2v) is 8.38. The van der Waals surface area contributed by atoms with Crippen LogP contribution in [0.3, 0.4) is 0 Å². The Labute approximate surface area is 168 Å². The molecule has 6 heteroatoms. The summed E-state index contributed by atoms with van der Waals surface area (Å²) in [5.74, 6) is 0.889. The molecule has 1 aromatic carbocycles. The molecule has 3 aliphatic rings. The maximum atomic E-state index is 9.64. The Kier molecular flexibility index (Phi) is 6.50. The van der Waals surface area contributed by atoms with Crippen LogP contribution >= 0.6 is 0 Å². The lowest BCUT2D eigenvalue weighted by atomic mass is 9.96. The smallest absolute Gasteiger partial charge is 0.191 e. The van der Waals surface area contributed by atoms with Crippen LogP contribution in [0.5, 0.6) is 0 Å². The highest BCUT2D eigenvalue weighted by Gasteiger charge is 2.41. The lowest BCUT2D eigenvalue weighted by molar-refractivity contribution is 0.0792. The summed E-state index contributed by atoms with van der Waals surface area (Å²) in [5.41, 5.74) is 2.55. The highest BCUT2D eigenvalue weighted by atomic mass is 16.5. The van der Waals surface area contributed by atoms with Gasteiger partial charge in [-0.2, -0.15) is 0 Å². The molecule has 4 rings (SSSR count). The summed E-state index contributed by atoms with van der Waals surface area (Å²) >= 11 is 0. The van der Waals surface area contributed by atoms with Crippen LogP contribution in [-0.4, -0.2) is 60.0 Å². The SMILES string of the molecule is CCNC(=NCc1ccc(CN2CCC(O)CC2)cc1)NC1CC2CCC1O2. The van der Waals surface area contributed by atoms with Gasteiger partial charge in [-0.25, -0.2) is 4.99 Å². The van der Waals surface area contributed by atoms with Gasteiger partial charge in [0.2, 0.25) is 0 Å². The Hall–Kier alpha value is -1.63. The summed E-state index contributed by atoms with van der Waals surface area (Å²) in [6.07, 6.45) is 5.94. The van der Waals surface area contributed by atoms with Crippen molar-refractivity contribution in [1.29, 1.82) is 0 Å². The summed E-state index contributed by atoms with van der Waals surface area (Å²) < 4.78 is 5.94. The summed E-state index contributed by atoms with van der Waals surface area (Å²) in [5, 5.41) is 16.6. The average Bonchev–Trinajstić information content (AvgIpc) is 3.32. The molecule has 6 nitrogen and oxygen atoms in total. The van der Waals surface area contributed by atoms with Crippen LogP contribution in [0.2, 0.25) is 0 Å². The van der Waals surface area contributed by atoms with E-state index in [0.29, 0.717) is 24.8 Å². The third-order valence-corrected chi connectivity index (χ3v) is 6.18. The Bertz CT molecular complexity index is 655. The standard InChI is InChI=1S/C22H34N4O2/c1-2-23-22(25-20-13-19-7-8-21(20)28-19)24-14-16-3-5-17(6-4-16)15-26-11-9-18(27)10-12-26/h3-6,18-21,27H,2,7-15H2,1H3,(H2,23,24,25). The third kappa shape index (κ3) is 5.04. The van der Waals surface area contributed by atoms with Crippen LogP contribution < -0.4 is 10.6 Å². The van der Waals surface area contributed by atoms with Gasteiger partial charge in [-0.15, -0.1) is 0 Å². The maximum absolute atomic E-state index is 9.64. The zero-order chi connectivity index (χ0) is 19.3. The molecule has 0 aliphatic carbocycles. The Morgan fingerprint density at radius 1 is 1.14 bits per heavy atom. The molecule has 154 valence electrons. The predicted molar refractivity (Wildman–Crippen MR) is 111 cm³/mol. The summed E-state index contributed by atoms with van der Waals surface area (Å²) in [7, 11) is 0. The van der Waals surface area contributed by atoms with Crippen molar-refractivity contribution < 1.29 is 9.84 Å².